The highest BCUT2D eigenvalue weighted by Gasteiger charge is 2.18. The van der Waals surface area contributed by atoms with Crippen LogP contribution in [0.5, 0.6) is 0 Å². The van der Waals surface area contributed by atoms with Gasteiger partial charge in [-0.1, -0.05) is 11.8 Å². The lowest BCUT2D eigenvalue weighted by Crippen LogP contribution is -2.15. The smallest absolute Gasteiger partial charge is 0.277 e. The second-order valence-corrected chi connectivity index (χ2v) is 8.64. The summed E-state index contributed by atoms with van der Waals surface area (Å²) < 4.78 is 0. The van der Waals surface area contributed by atoms with Crippen molar-refractivity contribution in [2.45, 2.75) is 26.9 Å². The lowest BCUT2D eigenvalue weighted by Gasteiger charge is -2.10. The van der Waals surface area contributed by atoms with Gasteiger partial charge in [0.25, 0.3) is 5.91 Å². The molecule has 4 aromatic rings. The van der Waals surface area contributed by atoms with E-state index in [1.165, 1.54) is 41.2 Å². The molecular formula is C17H14N8OS3. The van der Waals surface area contributed by atoms with E-state index in [-0.39, 0.29) is 11.6 Å². The highest BCUT2D eigenvalue weighted by molar-refractivity contribution is 7.99. The maximum Gasteiger partial charge on any atom is 0.277 e. The maximum atomic E-state index is 12.9. The summed E-state index contributed by atoms with van der Waals surface area (Å²) >= 11 is 3.94. The zero-order chi connectivity index (χ0) is 20.2. The predicted octanol–water partition coefficient (Wildman–Crippen LogP) is 3.50. The van der Waals surface area contributed by atoms with E-state index >= 15 is 0 Å². The summed E-state index contributed by atoms with van der Waals surface area (Å²) in [6.45, 7) is 1.92. The van der Waals surface area contributed by atoms with E-state index in [4.69, 9.17) is 5.73 Å². The standard InChI is InChI=1S/C17H14N8OS3/c1-9-2-3-10(6-19-9)28-11-4-5-13(29-16-20-8-21-25-16)23-14(11)15(26)24-17-22-12(18)7-27-17/h2-8H,18H2,1H3,(H,20,21,25)(H,22,24,26). The minimum Gasteiger partial charge on any atom is -0.383 e. The molecule has 0 fully saturated rings. The predicted molar refractivity (Wildman–Crippen MR) is 112 cm³/mol. The highest BCUT2D eigenvalue weighted by Crippen LogP contribution is 2.32. The van der Waals surface area contributed by atoms with Gasteiger partial charge in [0.05, 0.1) is 0 Å². The number of amides is 1. The molecule has 9 nitrogen and oxygen atoms in total. The normalized spacial score (nSPS) is 10.8. The Hall–Kier alpha value is -2.96. The van der Waals surface area contributed by atoms with E-state index in [0.717, 1.165) is 10.6 Å². The molecule has 12 heteroatoms. The second kappa shape index (κ2) is 8.59. The van der Waals surface area contributed by atoms with Gasteiger partial charge in [-0.05, 0) is 43.0 Å². The van der Waals surface area contributed by atoms with Crippen molar-refractivity contribution in [1.29, 1.82) is 0 Å². The molecule has 4 heterocycles. The molecule has 0 unspecified atom stereocenters. The Morgan fingerprint density at radius 3 is 2.76 bits per heavy atom. The fraction of sp³-hybridized carbons (Fsp3) is 0.0588. The van der Waals surface area contributed by atoms with Crippen LogP contribution in [-0.2, 0) is 0 Å². The highest BCUT2D eigenvalue weighted by atomic mass is 32.2. The summed E-state index contributed by atoms with van der Waals surface area (Å²) in [6.07, 6.45) is 3.18. The zero-order valence-electron chi connectivity index (χ0n) is 15.0. The van der Waals surface area contributed by atoms with Crippen molar-refractivity contribution >= 4 is 51.7 Å². The molecule has 0 spiro atoms. The monoisotopic (exact) mass is 442 g/mol. The first-order valence-electron chi connectivity index (χ1n) is 8.24. The van der Waals surface area contributed by atoms with E-state index in [1.807, 2.05) is 31.2 Å². The Labute approximate surface area is 178 Å². The van der Waals surface area contributed by atoms with Crippen LogP contribution in [0.15, 0.2) is 62.1 Å². The average Bonchev–Trinajstić information content (AvgIpc) is 3.36. The Kier molecular flexibility index (Phi) is 5.74. The van der Waals surface area contributed by atoms with Crippen molar-refractivity contribution in [3.05, 3.63) is 53.6 Å². The molecule has 0 saturated carbocycles. The first kappa shape index (κ1) is 19.4. The number of nitrogens with two attached hydrogens (primary N) is 1. The maximum absolute atomic E-state index is 12.9. The lowest BCUT2D eigenvalue weighted by molar-refractivity contribution is 0.101. The van der Waals surface area contributed by atoms with Crippen molar-refractivity contribution in [3.63, 3.8) is 0 Å². The number of carbonyl (C=O) groups is 1. The minimum absolute atomic E-state index is 0.272. The van der Waals surface area contributed by atoms with E-state index in [2.05, 4.69) is 35.5 Å². The number of aromatic nitrogens is 6. The van der Waals surface area contributed by atoms with Crippen LogP contribution in [-0.4, -0.2) is 36.0 Å². The fourth-order valence-corrected chi connectivity index (χ4v) is 4.34. The van der Waals surface area contributed by atoms with Gasteiger partial charge in [0.15, 0.2) is 10.3 Å². The van der Waals surface area contributed by atoms with Gasteiger partial charge in [0.1, 0.15) is 22.9 Å². The average molecular weight is 443 g/mol. The molecule has 4 N–H and O–H groups in total. The van der Waals surface area contributed by atoms with Crippen LogP contribution in [0.1, 0.15) is 16.2 Å². The first-order chi connectivity index (χ1) is 14.1. The number of anilines is 2. The summed E-state index contributed by atoms with van der Waals surface area (Å²) in [6, 6.07) is 7.55. The molecule has 29 heavy (non-hydrogen) atoms. The second-order valence-electron chi connectivity index (χ2n) is 5.66. The SMILES string of the molecule is Cc1ccc(Sc2ccc(Sc3ncn[nH]3)nc2C(=O)Nc2nc(N)cs2)cn1. The number of nitrogens with zero attached hydrogens (tertiary/aromatic N) is 5. The molecule has 4 rings (SSSR count). The molecular weight excluding hydrogens is 428 g/mol. The summed E-state index contributed by atoms with van der Waals surface area (Å²) in [5.41, 5.74) is 6.83. The number of thiazole rings is 1. The number of hydrogen-bond acceptors (Lipinski definition) is 10. The summed E-state index contributed by atoms with van der Waals surface area (Å²) in [4.78, 5) is 31.5. The third-order valence-electron chi connectivity index (χ3n) is 3.50. The topological polar surface area (TPSA) is 135 Å². The summed E-state index contributed by atoms with van der Waals surface area (Å²) in [7, 11) is 0. The number of pyridine rings is 2. The van der Waals surface area contributed by atoms with Gasteiger partial charge >= 0.3 is 0 Å². The van der Waals surface area contributed by atoms with E-state index in [9.17, 15) is 4.79 Å². The van der Waals surface area contributed by atoms with Crippen LogP contribution in [0.3, 0.4) is 0 Å². The van der Waals surface area contributed by atoms with Gasteiger partial charge in [-0.3, -0.25) is 20.2 Å². The van der Waals surface area contributed by atoms with Gasteiger partial charge < -0.3 is 5.73 Å². The molecule has 0 aromatic carbocycles. The lowest BCUT2D eigenvalue weighted by atomic mass is 10.3. The Morgan fingerprint density at radius 1 is 1.17 bits per heavy atom. The third kappa shape index (κ3) is 4.91. The minimum atomic E-state index is -0.373. The Morgan fingerprint density at radius 2 is 2.07 bits per heavy atom. The van der Waals surface area contributed by atoms with E-state index < -0.39 is 0 Å². The van der Waals surface area contributed by atoms with Crippen molar-refractivity contribution in [1.82, 2.24) is 30.1 Å². The molecule has 4 aromatic heterocycles. The fourth-order valence-electron chi connectivity index (χ4n) is 2.21. The van der Waals surface area contributed by atoms with Gasteiger partial charge in [0.2, 0.25) is 0 Å². The van der Waals surface area contributed by atoms with Crippen LogP contribution in [0.25, 0.3) is 0 Å². The van der Waals surface area contributed by atoms with Crippen molar-refractivity contribution in [2.24, 2.45) is 0 Å². The number of hydrogen-bond donors (Lipinski definition) is 3. The number of nitrogen functional groups attached to an aromatic ring is 1. The number of rotatable bonds is 6. The molecule has 0 aliphatic heterocycles. The molecule has 0 saturated heterocycles. The Bertz CT molecular complexity index is 1130. The van der Waals surface area contributed by atoms with Gasteiger partial charge in [-0.25, -0.2) is 15.0 Å². The van der Waals surface area contributed by atoms with Crippen LogP contribution in [0, 0.1) is 6.92 Å². The van der Waals surface area contributed by atoms with Crippen molar-refractivity contribution < 1.29 is 4.79 Å². The van der Waals surface area contributed by atoms with Crippen molar-refractivity contribution in [3.8, 4) is 0 Å². The Balaban J connectivity index is 1.64. The quantitative estimate of drug-likeness (QED) is 0.410. The first-order valence-corrected chi connectivity index (χ1v) is 10.8. The third-order valence-corrected chi connectivity index (χ3v) is 6.13. The molecule has 146 valence electrons. The van der Waals surface area contributed by atoms with Gasteiger partial charge in [-0.15, -0.1) is 11.3 Å². The molecule has 0 radical (unpaired) electrons. The van der Waals surface area contributed by atoms with Gasteiger partial charge in [-0.2, -0.15) is 5.10 Å². The zero-order valence-corrected chi connectivity index (χ0v) is 17.4. The van der Waals surface area contributed by atoms with Crippen LogP contribution < -0.4 is 11.1 Å². The largest absolute Gasteiger partial charge is 0.383 e. The molecule has 0 atom stereocenters. The molecule has 0 aliphatic rings. The molecule has 1 amide bonds. The number of aryl methyl sites for hydroxylation is 1. The number of aromatic amines is 1. The number of H-pyrrole nitrogens is 1. The summed E-state index contributed by atoms with van der Waals surface area (Å²) in [5.74, 6) is -0.0184. The van der Waals surface area contributed by atoms with Crippen molar-refractivity contribution in [2.75, 3.05) is 11.1 Å². The molecule has 0 aliphatic carbocycles. The number of nitrogens with one attached hydrogen (secondary N) is 2. The van der Waals surface area contributed by atoms with Crippen LogP contribution in [0.4, 0.5) is 10.9 Å². The van der Waals surface area contributed by atoms with E-state index in [1.54, 1.807) is 11.6 Å². The number of carbonyl (C=O) groups excluding carboxylic acids is 1. The molecule has 0 bridgehead atoms. The van der Waals surface area contributed by atoms with Gasteiger partial charge in [0, 0.05) is 27.1 Å². The van der Waals surface area contributed by atoms with Crippen LogP contribution >= 0.6 is 34.9 Å². The van der Waals surface area contributed by atoms with E-state index in [0.29, 0.717) is 26.0 Å². The van der Waals surface area contributed by atoms with Crippen LogP contribution in [0.2, 0.25) is 0 Å². The summed E-state index contributed by atoms with van der Waals surface area (Å²) in [5, 5.41) is 12.6.